The van der Waals surface area contributed by atoms with Crippen LogP contribution in [0, 0.1) is 17.8 Å². The molecular weight excluding hydrogens is 518 g/mol. The molecule has 0 aromatic heterocycles. The number of rotatable bonds is 13. The number of hydrogen-bond donors (Lipinski definition) is 1. The number of carbonyl (C=O) groups excluding carboxylic acids is 3. The first-order chi connectivity index (χ1) is 19.5. The molecule has 0 aliphatic carbocycles. The van der Waals surface area contributed by atoms with Gasteiger partial charge in [0.25, 0.3) is 0 Å². The van der Waals surface area contributed by atoms with Gasteiger partial charge >= 0.3 is 0 Å². The summed E-state index contributed by atoms with van der Waals surface area (Å²) in [5, 5.41) is 10.2. The monoisotopic (exact) mass is 565 g/mol. The average Bonchev–Trinajstić information content (AvgIpc) is 3.47. The second-order valence-corrected chi connectivity index (χ2v) is 12.4. The highest BCUT2D eigenvalue weighted by Gasteiger charge is 2.80. The Bertz CT molecular complexity index is 1160. The van der Waals surface area contributed by atoms with E-state index in [9.17, 15) is 19.5 Å². The van der Waals surface area contributed by atoms with Gasteiger partial charge < -0.3 is 24.5 Å². The minimum absolute atomic E-state index is 0.0663. The van der Waals surface area contributed by atoms with Crippen molar-refractivity contribution in [3.63, 3.8) is 0 Å². The number of nitrogens with zero attached hydrogens (tertiary/aromatic N) is 3. The molecular formula is C33H47N3O5. The lowest BCUT2D eigenvalue weighted by molar-refractivity contribution is -0.158. The minimum Gasteiger partial charge on any atom is -0.394 e. The summed E-state index contributed by atoms with van der Waals surface area (Å²) in [4.78, 5) is 48.5. The van der Waals surface area contributed by atoms with Gasteiger partial charge in [0.15, 0.2) is 0 Å². The van der Waals surface area contributed by atoms with Gasteiger partial charge in [-0.05, 0) is 45.1 Å². The highest BCUT2D eigenvalue weighted by atomic mass is 16.5. The fraction of sp³-hybridized carbons (Fsp3) is 0.606. The van der Waals surface area contributed by atoms with Crippen molar-refractivity contribution in [1.82, 2.24) is 14.7 Å². The molecule has 41 heavy (non-hydrogen) atoms. The number of amides is 3. The standard InChI is InChI=1S/C33H47N3O5/c1-8-14-23(5)35(18-10-3)31(40)28-33-19-22(4)32(7,41-33)26(27(33)30(39)36(28)24(6)21-37)29(38)34(17-9-2)20-25-15-12-11-13-16-25/h9-13,15-16,22-24,26-28,37H,2-3,8,14,17-21H2,1,4-7H3/t22?,23?,24-,26-,27+,28?,32+,33?/m1/s1. The molecule has 3 aliphatic rings. The summed E-state index contributed by atoms with van der Waals surface area (Å²) in [7, 11) is 0. The van der Waals surface area contributed by atoms with E-state index in [4.69, 9.17) is 4.74 Å². The molecule has 4 rings (SSSR count). The third-order valence-electron chi connectivity index (χ3n) is 9.72. The van der Waals surface area contributed by atoms with Gasteiger partial charge in [-0.25, -0.2) is 0 Å². The van der Waals surface area contributed by atoms with Crippen LogP contribution in [0.3, 0.4) is 0 Å². The lowest BCUT2D eigenvalue weighted by Gasteiger charge is -2.40. The molecule has 4 unspecified atom stereocenters. The fourth-order valence-corrected chi connectivity index (χ4v) is 7.64. The zero-order valence-electron chi connectivity index (χ0n) is 25.3. The average molecular weight is 566 g/mol. The maximum Gasteiger partial charge on any atom is 0.248 e. The van der Waals surface area contributed by atoms with Crippen LogP contribution in [0.15, 0.2) is 55.6 Å². The molecule has 3 heterocycles. The molecule has 3 fully saturated rings. The van der Waals surface area contributed by atoms with Crippen LogP contribution in [-0.2, 0) is 25.7 Å². The number of aliphatic hydroxyl groups is 1. The number of hydrogen-bond acceptors (Lipinski definition) is 5. The summed E-state index contributed by atoms with van der Waals surface area (Å²) < 4.78 is 6.90. The summed E-state index contributed by atoms with van der Waals surface area (Å²) in [5.74, 6) is -2.33. The molecule has 8 nitrogen and oxygen atoms in total. The number of ether oxygens (including phenoxy) is 1. The van der Waals surface area contributed by atoms with Crippen LogP contribution >= 0.6 is 0 Å². The van der Waals surface area contributed by atoms with E-state index in [0.717, 1.165) is 18.4 Å². The summed E-state index contributed by atoms with van der Waals surface area (Å²) in [6.45, 7) is 18.3. The Balaban J connectivity index is 1.80. The molecule has 0 radical (unpaired) electrons. The first-order valence-corrected chi connectivity index (χ1v) is 15.0. The predicted molar refractivity (Wildman–Crippen MR) is 158 cm³/mol. The van der Waals surface area contributed by atoms with Crippen LogP contribution in [0.1, 0.15) is 59.4 Å². The highest BCUT2D eigenvalue weighted by molar-refractivity contribution is 5.99. The molecule has 224 valence electrons. The van der Waals surface area contributed by atoms with Gasteiger partial charge in [0.2, 0.25) is 17.7 Å². The largest absolute Gasteiger partial charge is 0.394 e. The van der Waals surface area contributed by atoms with Crippen molar-refractivity contribution in [3.05, 3.63) is 61.2 Å². The third-order valence-corrected chi connectivity index (χ3v) is 9.72. The quantitative estimate of drug-likeness (QED) is 0.368. The lowest BCUT2D eigenvalue weighted by atomic mass is 9.62. The Morgan fingerprint density at radius 1 is 1.17 bits per heavy atom. The second kappa shape index (κ2) is 12.1. The number of benzene rings is 1. The topological polar surface area (TPSA) is 90.4 Å². The second-order valence-electron chi connectivity index (χ2n) is 12.4. The first kappa shape index (κ1) is 31.0. The van der Waals surface area contributed by atoms with Crippen molar-refractivity contribution >= 4 is 17.7 Å². The van der Waals surface area contributed by atoms with E-state index in [1.165, 1.54) is 4.90 Å². The minimum atomic E-state index is -1.16. The van der Waals surface area contributed by atoms with Crippen molar-refractivity contribution in [1.29, 1.82) is 0 Å². The van der Waals surface area contributed by atoms with Gasteiger partial charge in [-0.2, -0.15) is 0 Å². The predicted octanol–water partition coefficient (Wildman–Crippen LogP) is 3.80. The molecule has 8 heteroatoms. The number of fused-ring (bicyclic) bond motifs is 1. The number of likely N-dealkylation sites (tertiary alicyclic amines) is 1. The van der Waals surface area contributed by atoms with E-state index >= 15 is 0 Å². The van der Waals surface area contributed by atoms with Crippen molar-refractivity contribution in [2.24, 2.45) is 17.8 Å². The van der Waals surface area contributed by atoms with Gasteiger partial charge in [-0.1, -0.05) is 62.8 Å². The van der Waals surface area contributed by atoms with Gasteiger partial charge in [0.1, 0.15) is 11.6 Å². The van der Waals surface area contributed by atoms with E-state index in [-0.39, 0.29) is 36.3 Å². The molecule has 3 amide bonds. The molecule has 1 spiro atoms. The zero-order valence-corrected chi connectivity index (χ0v) is 25.3. The van der Waals surface area contributed by atoms with Gasteiger partial charge in [-0.15, -0.1) is 13.2 Å². The van der Waals surface area contributed by atoms with Gasteiger partial charge in [0, 0.05) is 25.7 Å². The lowest BCUT2D eigenvalue weighted by Crippen LogP contribution is -2.59. The van der Waals surface area contributed by atoms with Crippen molar-refractivity contribution < 1.29 is 24.2 Å². The highest BCUT2D eigenvalue weighted by Crippen LogP contribution is 2.65. The summed E-state index contributed by atoms with van der Waals surface area (Å²) in [6.07, 6.45) is 5.59. The maximum absolute atomic E-state index is 14.5. The first-order valence-electron chi connectivity index (χ1n) is 15.0. The van der Waals surface area contributed by atoms with Crippen LogP contribution in [0.5, 0.6) is 0 Å². The van der Waals surface area contributed by atoms with Crippen LogP contribution in [0.25, 0.3) is 0 Å². The maximum atomic E-state index is 14.5. The number of carbonyl (C=O) groups is 3. The summed E-state index contributed by atoms with van der Waals surface area (Å²) in [5.41, 5.74) is -1.10. The molecule has 1 aromatic rings. The Kier molecular flexibility index (Phi) is 9.14. The molecule has 3 aliphatic heterocycles. The molecule has 1 aromatic carbocycles. The van der Waals surface area contributed by atoms with Crippen molar-refractivity contribution in [2.45, 2.75) is 89.8 Å². The molecule has 3 saturated heterocycles. The summed E-state index contributed by atoms with van der Waals surface area (Å²) >= 11 is 0. The van der Waals surface area contributed by atoms with Crippen molar-refractivity contribution in [3.8, 4) is 0 Å². The third kappa shape index (κ3) is 5.03. The summed E-state index contributed by atoms with van der Waals surface area (Å²) in [6, 6.07) is 8.12. The molecule has 8 atom stereocenters. The van der Waals surface area contributed by atoms with E-state index in [1.54, 1.807) is 28.9 Å². The van der Waals surface area contributed by atoms with Gasteiger partial charge in [-0.3, -0.25) is 14.4 Å². The van der Waals surface area contributed by atoms with Crippen LogP contribution in [-0.4, -0.2) is 86.6 Å². The molecule has 0 saturated carbocycles. The Hall–Kier alpha value is -2.97. The molecule has 1 N–H and O–H groups in total. The smallest absolute Gasteiger partial charge is 0.248 e. The van der Waals surface area contributed by atoms with Crippen molar-refractivity contribution in [2.75, 3.05) is 19.7 Å². The van der Waals surface area contributed by atoms with E-state index < -0.39 is 35.1 Å². The SMILES string of the molecule is C=CCN(Cc1ccccc1)C(=O)[C@H]1[C@H]2C(=O)N([C@H](C)CO)C(C(=O)N(CC=C)C(C)CCC)C23CC(C)[C@]1(C)O3. The fourth-order valence-electron chi connectivity index (χ4n) is 7.64. The van der Waals surface area contributed by atoms with Crippen LogP contribution in [0.4, 0.5) is 0 Å². The van der Waals surface area contributed by atoms with E-state index in [0.29, 0.717) is 26.1 Å². The van der Waals surface area contributed by atoms with Crippen LogP contribution in [0.2, 0.25) is 0 Å². The Labute approximate surface area is 245 Å². The Morgan fingerprint density at radius 2 is 1.83 bits per heavy atom. The number of aliphatic hydroxyl groups excluding tert-OH is 1. The molecule has 2 bridgehead atoms. The zero-order chi connectivity index (χ0) is 30.1. The Morgan fingerprint density at radius 3 is 2.41 bits per heavy atom. The van der Waals surface area contributed by atoms with Gasteiger partial charge in [0.05, 0.1) is 30.1 Å². The van der Waals surface area contributed by atoms with E-state index in [1.807, 2.05) is 51.1 Å². The normalized spacial score (nSPS) is 31.5. The van der Waals surface area contributed by atoms with E-state index in [2.05, 4.69) is 20.1 Å². The van der Waals surface area contributed by atoms with Crippen LogP contribution < -0.4 is 0 Å².